The number of hydrogen-bond acceptors (Lipinski definition) is 3. The van der Waals surface area contributed by atoms with Crippen LogP contribution in [0.25, 0.3) is 0 Å². The molecule has 1 aromatic rings. The summed E-state index contributed by atoms with van der Waals surface area (Å²) in [4.78, 5) is 14.4. The molecule has 1 fully saturated rings. The van der Waals surface area contributed by atoms with Gasteiger partial charge < -0.3 is 9.64 Å². The van der Waals surface area contributed by atoms with Gasteiger partial charge in [-0.1, -0.05) is 43.7 Å². The highest BCUT2D eigenvalue weighted by Crippen LogP contribution is 2.23. The van der Waals surface area contributed by atoms with Crippen LogP contribution in [-0.4, -0.2) is 37.2 Å². The summed E-state index contributed by atoms with van der Waals surface area (Å²) in [5.41, 5.74) is 1.03. The van der Waals surface area contributed by atoms with E-state index in [2.05, 4.69) is 12.2 Å². The molecule has 2 rings (SSSR count). The second-order valence-corrected chi connectivity index (χ2v) is 4.91. The molecule has 1 aliphatic heterocycles. The number of carbonyl (C=O) groups excluding carboxylic acids is 1. The standard InChI is InChI=1S/C15H22N2O2/c1-3-7-13(10-19-2)17-11-16-14(15(17)18)12-8-5-4-6-9-12/h4-6,8-9,13-14,16H,3,7,10-11H2,1-2H3. The molecule has 1 heterocycles. The molecule has 1 saturated heterocycles. The van der Waals surface area contributed by atoms with E-state index in [-0.39, 0.29) is 18.0 Å². The molecule has 0 bridgehead atoms. The summed E-state index contributed by atoms with van der Waals surface area (Å²) in [6, 6.07) is 9.83. The Hall–Kier alpha value is -1.39. The van der Waals surface area contributed by atoms with Gasteiger partial charge in [-0.15, -0.1) is 0 Å². The number of nitrogens with one attached hydrogen (secondary N) is 1. The van der Waals surface area contributed by atoms with Gasteiger partial charge in [0.2, 0.25) is 5.91 Å². The second-order valence-electron chi connectivity index (χ2n) is 4.91. The number of nitrogens with zero attached hydrogens (tertiary/aromatic N) is 1. The molecule has 4 heteroatoms. The van der Waals surface area contributed by atoms with Gasteiger partial charge >= 0.3 is 0 Å². The predicted molar refractivity (Wildman–Crippen MR) is 74.6 cm³/mol. The monoisotopic (exact) mass is 262 g/mol. The minimum Gasteiger partial charge on any atom is -0.383 e. The molecule has 2 atom stereocenters. The molecule has 1 aliphatic rings. The van der Waals surface area contributed by atoms with Crippen molar-refractivity contribution in [3.8, 4) is 0 Å². The summed E-state index contributed by atoms with van der Waals surface area (Å²) in [6.07, 6.45) is 2.02. The Morgan fingerprint density at radius 3 is 2.79 bits per heavy atom. The maximum Gasteiger partial charge on any atom is 0.245 e. The molecule has 0 aromatic heterocycles. The van der Waals surface area contributed by atoms with Gasteiger partial charge in [-0.25, -0.2) is 0 Å². The SMILES string of the molecule is CCCC(COC)N1CNC(c2ccccc2)C1=O. The zero-order chi connectivity index (χ0) is 13.7. The Kier molecular flexibility index (Phi) is 4.93. The Morgan fingerprint density at radius 2 is 2.16 bits per heavy atom. The lowest BCUT2D eigenvalue weighted by Gasteiger charge is -2.26. The highest BCUT2D eigenvalue weighted by Gasteiger charge is 2.35. The normalized spacial score (nSPS) is 20.8. The number of rotatable bonds is 6. The molecule has 0 spiro atoms. The molecule has 0 saturated carbocycles. The van der Waals surface area contributed by atoms with Crippen molar-refractivity contribution in [2.24, 2.45) is 0 Å². The first-order valence-corrected chi connectivity index (χ1v) is 6.85. The largest absolute Gasteiger partial charge is 0.383 e. The quantitative estimate of drug-likeness (QED) is 0.851. The summed E-state index contributed by atoms with van der Waals surface area (Å²) in [6.45, 7) is 3.33. The van der Waals surface area contributed by atoms with Crippen LogP contribution >= 0.6 is 0 Å². The van der Waals surface area contributed by atoms with Crippen molar-refractivity contribution in [1.82, 2.24) is 10.2 Å². The molecule has 1 N–H and O–H groups in total. The minimum absolute atomic E-state index is 0.154. The van der Waals surface area contributed by atoms with Gasteiger partial charge in [0.05, 0.1) is 19.3 Å². The van der Waals surface area contributed by atoms with E-state index in [1.54, 1.807) is 7.11 Å². The van der Waals surface area contributed by atoms with Crippen molar-refractivity contribution in [2.45, 2.75) is 31.8 Å². The third-order valence-electron chi connectivity index (χ3n) is 3.55. The Labute approximate surface area is 114 Å². The van der Waals surface area contributed by atoms with Gasteiger partial charge in [-0.3, -0.25) is 10.1 Å². The molecular weight excluding hydrogens is 240 g/mol. The van der Waals surface area contributed by atoms with Gasteiger partial charge in [-0.2, -0.15) is 0 Å². The van der Waals surface area contributed by atoms with Crippen molar-refractivity contribution < 1.29 is 9.53 Å². The van der Waals surface area contributed by atoms with Crippen molar-refractivity contribution in [1.29, 1.82) is 0 Å². The first kappa shape index (κ1) is 14.0. The van der Waals surface area contributed by atoms with Gasteiger partial charge in [0.15, 0.2) is 0 Å². The average Bonchev–Trinajstić information content (AvgIpc) is 2.81. The van der Waals surface area contributed by atoms with E-state index in [4.69, 9.17) is 4.74 Å². The zero-order valence-electron chi connectivity index (χ0n) is 11.6. The van der Waals surface area contributed by atoms with Crippen LogP contribution in [0, 0.1) is 0 Å². The lowest BCUT2D eigenvalue weighted by atomic mass is 10.1. The summed E-state index contributed by atoms with van der Waals surface area (Å²) < 4.78 is 5.24. The predicted octanol–water partition coefficient (Wildman–Crippen LogP) is 1.93. The number of benzene rings is 1. The molecular formula is C15H22N2O2. The maximum absolute atomic E-state index is 12.5. The fourth-order valence-corrected chi connectivity index (χ4v) is 2.59. The van der Waals surface area contributed by atoms with Gasteiger partial charge in [0, 0.05) is 7.11 Å². The van der Waals surface area contributed by atoms with Crippen LogP contribution in [0.1, 0.15) is 31.4 Å². The third kappa shape index (κ3) is 3.14. The summed E-state index contributed by atoms with van der Waals surface area (Å²) in [7, 11) is 1.69. The number of ether oxygens (including phenoxy) is 1. The summed E-state index contributed by atoms with van der Waals surface area (Å²) in [5.74, 6) is 0.154. The van der Waals surface area contributed by atoms with Crippen LogP contribution in [-0.2, 0) is 9.53 Å². The van der Waals surface area contributed by atoms with E-state index in [9.17, 15) is 4.79 Å². The lowest BCUT2D eigenvalue weighted by molar-refractivity contribution is -0.132. The molecule has 0 radical (unpaired) electrons. The van der Waals surface area contributed by atoms with Crippen LogP contribution in [0.5, 0.6) is 0 Å². The fourth-order valence-electron chi connectivity index (χ4n) is 2.59. The highest BCUT2D eigenvalue weighted by atomic mass is 16.5. The summed E-state index contributed by atoms with van der Waals surface area (Å²) in [5, 5.41) is 3.29. The third-order valence-corrected chi connectivity index (χ3v) is 3.55. The van der Waals surface area contributed by atoms with E-state index < -0.39 is 0 Å². The summed E-state index contributed by atoms with van der Waals surface area (Å²) >= 11 is 0. The van der Waals surface area contributed by atoms with E-state index in [0.717, 1.165) is 18.4 Å². The molecule has 4 nitrogen and oxygen atoms in total. The van der Waals surface area contributed by atoms with Crippen LogP contribution < -0.4 is 5.32 Å². The Bertz CT molecular complexity index is 402. The van der Waals surface area contributed by atoms with Crippen molar-refractivity contribution in [2.75, 3.05) is 20.4 Å². The Balaban J connectivity index is 2.08. The van der Waals surface area contributed by atoms with Crippen LogP contribution in [0.3, 0.4) is 0 Å². The van der Waals surface area contributed by atoms with Crippen molar-refractivity contribution in [3.63, 3.8) is 0 Å². The molecule has 1 amide bonds. The minimum atomic E-state index is -0.211. The van der Waals surface area contributed by atoms with Gasteiger partial charge in [-0.05, 0) is 12.0 Å². The number of carbonyl (C=O) groups is 1. The van der Waals surface area contributed by atoms with E-state index in [1.807, 2.05) is 35.2 Å². The van der Waals surface area contributed by atoms with Crippen molar-refractivity contribution >= 4 is 5.91 Å². The van der Waals surface area contributed by atoms with Crippen LogP contribution in [0.15, 0.2) is 30.3 Å². The van der Waals surface area contributed by atoms with E-state index >= 15 is 0 Å². The fraction of sp³-hybridized carbons (Fsp3) is 0.533. The first-order chi connectivity index (χ1) is 9.27. The lowest BCUT2D eigenvalue weighted by Crippen LogP contribution is -2.40. The smallest absolute Gasteiger partial charge is 0.245 e. The van der Waals surface area contributed by atoms with Crippen molar-refractivity contribution in [3.05, 3.63) is 35.9 Å². The Morgan fingerprint density at radius 1 is 1.42 bits per heavy atom. The first-order valence-electron chi connectivity index (χ1n) is 6.85. The highest BCUT2D eigenvalue weighted by molar-refractivity contribution is 5.85. The molecule has 2 unspecified atom stereocenters. The molecule has 104 valence electrons. The van der Waals surface area contributed by atoms with E-state index in [0.29, 0.717) is 13.3 Å². The number of hydrogen-bond donors (Lipinski definition) is 1. The molecule has 1 aromatic carbocycles. The topological polar surface area (TPSA) is 41.6 Å². The van der Waals surface area contributed by atoms with E-state index in [1.165, 1.54) is 0 Å². The number of amides is 1. The van der Waals surface area contributed by atoms with Gasteiger partial charge in [0.25, 0.3) is 0 Å². The molecule has 0 aliphatic carbocycles. The zero-order valence-corrected chi connectivity index (χ0v) is 11.6. The number of methoxy groups -OCH3 is 1. The van der Waals surface area contributed by atoms with Gasteiger partial charge in [0.1, 0.15) is 6.04 Å². The molecule has 19 heavy (non-hydrogen) atoms. The maximum atomic E-state index is 12.5. The second kappa shape index (κ2) is 6.68. The van der Waals surface area contributed by atoms with Crippen LogP contribution in [0.2, 0.25) is 0 Å². The van der Waals surface area contributed by atoms with Crippen LogP contribution in [0.4, 0.5) is 0 Å². The average molecular weight is 262 g/mol.